The van der Waals surface area contributed by atoms with Crippen LogP contribution in [0.3, 0.4) is 0 Å². The van der Waals surface area contributed by atoms with Crippen LogP contribution in [0.1, 0.15) is 0 Å². The van der Waals surface area contributed by atoms with E-state index in [-0.39, 0.29) is 5.91 Å². The molecule has 122 valence electrons. The minimum atomic E-state index is -0.0978. The molecular formula is C15H16Cl2N4O2. The number of carbonyl (C=O) groups excluding carboxylic acids is 1. The quantitative estimate of drug-likeness (QED) is 0.915. The fourth-order valence-electron chi connectivity index (χ4n) is 2.34. The van der Waals surface area contributed by atoms with Crippen LogP contribution in [0.15, 0.2) is 30.5 Å². The molecule has 0 aliphatic carbocycles. The topological polar surface area (TPSA) is 59.4 Å². The average molecular weight is 355 g/mol. The molecule has 1 aromatic carbocycles. The Morgan fingerprint density at radius 2 is 2.04 bits per heavy atom. The minimum Gasteiger partial charge on any atom is -0.379 e. The van der Waals surface area contributed by atoms with Gasteiger partial charge in [-0.3, -0.25) is 9.69 Å². The third-order valence-electron chi connectivity index (χ3n) is 3.48. The van der Waals surface area contributed by atoms with Gasteiger partial charge in [-0.25, -0.2) is 4.68 Å². The summed E-state index contributed by atoms with van der Waals surface area (Å²) in [6, 6.07) is 6.89. The van der Waals surface area contributed by atoms with E-state index in [4.69, 9.17) is 27.9 Å². The van der Waals surface area contributed by atoms with E-state index in [2.05, 4.69) is 10.4 Å². The smallest absolute Gasteiger partial charge is 0.239 e. The predicted octanol–water partition coefficient (Wildman–Crippen LogP) is 2.45. The predicted molar refractivity (Wildman–Crippen MR) is 89.5 cm³/mol. The van der Waals surface area contributed by atoms with E-state index in [1.54, 1.807) is 35.1 Å². The first-order chi connectivity index (χ1) is 11.1. The highest BCUT2D eigenvalue weighted by Gasteiger charge is 2.15. The molecule has 0 unspecified atom stereocenters. The van der Waals surface area contributed by atoms with Gasteiger partial charge in [-0.15, -0.1) is 0 Å². The van der Waals surface area contributed by atoms with Crippen LogP contribution < -0.4 is 5.32 Å². The van der Waals surface area contributed by atoms with Gasteiger partial charge in [0, 0.05) is 30.4 Å². The molecule has 1 aliphatic heterocycles. The SMILES string of the molecule is O=C(CN1CCOCC1)Nc1ccn(-c2ccc(Cl)cc2Cl)n1. The summed E-state index contributed by atoms with van der Waals surface area (Å²) in [6.45, 7) is 3.19. The van der Waals surface area contributed by atoms with Crippen molar-refractivity contribution < 1.29 is 9.53 Å². The van der Waals surface area contributed by atoms with E-state index in [0.29, 0.717) is 41.3 Å². The Morgan fingerprint density at radius 3 is 2.78 bits per heavy atom. The van der Waals surface area contributed by atoms with Crippen molar-refractivity contribution in [1.29, 1.82) is 0 Å². The largest absolute Gasteiger partial charge is 0.379 e. The number of rotatable bonds is 4. The zero-order valence-corrected chi connectivity index (χ0v) is 13.8. The van der Waals surface area contributed by atoms with E-state index in [1.165, 1.54) is 0 Å². The van der Waals surface area contributed by atoms with Gasteiger partial charge >= 0.3 is 0 Å². The summed E-state index contributed by atoms with van der Waals surface area (Å²) < 4.78 is 6.86. The molecule has 1 fully saturated rings. The minimum absolute atomic E-state index is 0.0978. The van der Waals surface area contributed by atoms with Crippen molar-refractivity contribution in [3.8, 4) is 5.69 Å². The van der Waals surface area contributed by atoms with E-state index >= 15 is 0 Å². The summed E-state index contributed by atoms with van der Waals surface area (Å²) in [5, 5.41) is 8.16. The van der Waals surface area contributed by atoms with Crippen molar-refractivity contribution in [2.24, 2.45) is 0 Å². The second kappa shape index (κ2) is 7.31. The lowest BCUT2D eigenvalue weighted by Crippen LogP contribution is -2.41. The number of carbonyl (C=O) groups is 1. The van der Waals surface area contributed by atoms with E-state index < -0.39 is 0 Å². The Hall–Kier alpha value is -1.60. The molecule has 0 spiro atoms. The molecule has 0 atom stereocenters. The normalized spacial score (nSPS) is 15.6. The van der Waals surface area contributed by atoms with Gasteiger partial charge in [-0.1, -0.05) is 23.2 Å². The van der Waals surface area contributed by atoms with Gasteiger partial charge in [0.1, 0.15) is 0 Å². The summed E-state index contributed by atoms with van der Waals surface area (Å²) in [5.41, 5.74) is 0.699. The number of amides is 1. The van der Waals surface area contributed by atoms with Gasteiger partial charge in [0.2, 0.25) is 5.91 Å². The Kier molecular flexibility index (Phi) is 5.17. The van der Waals surface area contributed by atoms with Crippen LogP contribution in [-0.2, 0) is 9.53 Å². The van der Waals surface area contributed by atoms with Crippen LogP contribution in [0.25, 0.3) is 5.69 Å². The maximum atomic E-state index is 12.1. The molecule has 2 aromatic rings. The van der Waals surface area contributed by atoms with Gasteiger partial charge in [-0.05, 0) is 18.2 Å². The van der Waals surface area contributed by atoms with Crippen LogP contribution in [-0.4, -0.2) is 53.4 Å². The van der Waals surface area contributed by atoms with Gasteiger partial charge in [0.15, 0.2) is 5.82 Å². The van der Waals surface area contributed by atoms with E-state index in [1.807, 2.05) is 4.90 Å². The van der Waals surface area contributed by atoms with Crippen LogP contribution in [0.5, 0.6) is 0 Å². The molecule has 1 N–H and O–H groups in total. The number of benzene rings is 1. The molecule has 23 heavy (non-hydrogen) atoms. The molecule has 2 heterocycles. The number of morpholine rings is 1. The maximum absolute atomic E-state index is 12.1. The highest BCUT2D eigenvalue weighted by Crippen LogP contribution is 2.24. The lowest BCUT2D eigenvalue weighted by atomic mass is 10.3. The fourth-order valence-corrected chi connectivity index (χ4v) is 2.83. The van der Waals surface area contributed by atoms with E-state index in [9.17, 15) is 4.79 Å². The fraction of sp³-hybridized carbons (Fsp3) is 0.333. The van der Waals surface area contributed by atoms with Crippen LogP contribution in [0.4, 0.5) is 5.82 Å². The molecule has 0 saturated carbocycles. The summed E-state index contributed by atoms with van der Waals surface area (Å²) in [5.74, 6) is 0.383. The lowest BCUT2D eigenvalue weighted by molar-refractivity contribution is -0.118. The second-order valence-electron chi connectivity index (χ2n) is 5.18. The number of aromatic nitrogens is 2. The Labute approximate surface area is 143 Å². The van der Waals surface area contributed by atoms with Crippen LogP contribution in [0.2, 0.25) is 10.0 Å². The number of nitrogens with one attached hydrogen (secondary N) is 1. The molecular weight excluding hydrogens is 339 g/mol. The number of nitrogens with zero attached hydrogens (tertiary/aromatic N) is 3. The second-order valence-corrected chi connectivity index (χ2v) is 6.02. The molecule has 6 nitrogen and oxygen atoms in total. The summed E-state index contributed by atoms with van der Waals surface area (Å²) in [7, 11) is 0. The molecule has 3 rings (SSSR count). The Bertz CT molecular complexity index is 699. The number of ether oxygens (including phenoxy) is 1. The maximum Gasteiger partial charge on any atom is 0.239 e. The van der Waals surface area contributed by atoms with Crippen molar-refractivity contribution in [1.82, 2.24) is 14.7 Å². The molecule has 1 aromatic heterocycles. The Morgan fingerprint density at radius 1 is 1.26 bits per heavy atom. The Balaban J connectivity index is 1.63. The zero-order valence-electron chi connectivity index (χ0n) is 12.3. The number of halogens is 2. The van der Waals surface area contributed by atoms with Crippen molar-refractivity contribution in [2.45, 2.75) is 0 Å². The monoisotopic (exact) mass is 354 g/mol. The molecule has 1 aliphatic rings. The van der Waals surface area contributed by atoms with Crippen LogP contribution in [0, 0.1) is 0 Å². The zero-order chi connectivity index (χ0) is 16.2. The molecule has 0 bridgehead atoms. The van der Waals surface area contributed by atoms with Gasteiger partial charge in [0.25, 0.3) is 0 Å². The van der Waals surface area contributed by atoms with Gasteiger partial charge in [0.05, 0.1) is 30.5 Å². The van der Waals surface area contributed by atoms with Crippen molar-refractivity contribution in [3.63, 3.8) is 0 Å². The first kappa shape index (κ1) is 16.3. The summed E-state index contributed by atoms with van der Waals surface area (Å²) >= 11 is 12.0. The highest BCUT2D eigenvalue weighted by atomic mass is 35.5. The lowest BCUT2D eigenvalue weighted by Gasteiger charge is -2.25. The van der Waals surface area contributed by atoms with E-state index in [0.717, 1.165) is 13.1 Å². The van der Waals surface area contributed by atoms with Gasteiger partial charge < -0.3 is 10.1 Å². The molecule has 1 saturated heterocycles. The first-order valence-corrected chi connectivity index (χ1v) is 7.98. The van der Waals surface area contributed by atoms with Crippen molar-refractivity contribution >= 4 is 34.9 Å². The molecule has 8 heteroatoms. The van der Waals surface area contributed by atoms with Gasteiger partial charge in [-0.2, -0.15) is 5.10 Å². The number of anilines is 1. The number of hydrogen-bond acceptors (Lipinski definition) is 4. The third-order valence-corrected chi connectivity index (χ3v) is 4.02. The average Bonchev–Trinajstić information content (AvgIpc) is 2.96. The highest BCUT2D eigenvalue weighted by molar-refractivity contribution is 6.35. The van der Waals surface area contributed by atoms with Crippen LogP contribution >= 0.6 is 23.2 Å². The third kappa shape index (κ3) is 4.23. The standard InChI is InChI=1S/C15H16Cl2N4O2/c16-11-1-2-13(12(17)9-11)21-4-3-14(19-21)18-15(22)10-20-5-7-23-8-6-20/h1-4,9H,5-8,10H2,(H,18,19,22). The van der Waals surface area contributed by atoms with Crippen molar-refractivity contribution in [2.75, 3.05) is 38.2 Å². The number of hydrogen-bond donors (Lipinski definition) is 1. The summed E-state index contributed by atoms with van der Waals surface area (Å²) in [4.78, 5) is 14.1. The first-order valence-electron chi connectivity index (χ1n) is 7.23. The van der Waals surface area contributed by atoms with Crippen molar-refractivity contribution in [3.05, 3.63) is 40.5 Å². The molecule has 0 radical (unpaired) electrons. The summed E-state index contributed by atoms with van der Waals surface area (Å²) in [6.07, 6.45) is 1.74. The molecule has 1 amide bonds.